The van der Waals surface area contributed by atoms with Gasteiger partial charge in [0, 0.05) is 44.8 Å². The van der Waals surface area contributed by atoms with E-state index in [0.29, 0.717) is 24.3 Å². The number of para-hydroxylation sites is 1. The normalized spacial score (nSPS) is 14.9. The first-order chi connectivity index (χ1) is 14.0. The molecule has 172 valence electrons. The van der Waals surface area contributed by atoms with Crippen LogP contribution in [0.25, 0.3) is 0 Å². The number of halogens is 2. The van der Waals surface area contributed by atoms with Gasteiger partial charge >= 0.3 is 0 Å². The number of aryl methyl sites for hydroxylation is 2. The average Bonchev–Trinajstić information content (AvgIpc) is 2.74. The smallest absolute Gasteiger partial charge is 0.166 e. The molecule has 0 aliphatic carbocycles. The third-order valence-electron chi connectivity index (χ3n) is 5.64. The van der Waals surface area contributed by atoms with Gasteiger partial charge in [-0.1, -0.05) is 25.1 Å². The minimum Gasteiger partial charge on any atom is -0.490 e. The van der Waals surface area contributed by atoms with Gasteiger partial charge in [0.25, 0.3) is 0 Å². The molecule has 0 radical (unpaired) electrons. The summed E-state index contributed by atoms with van der Waals surface area (Å²) in [5.74, 6) is 0.607. The van der Waals surface area contributed by atoms with Crippen LogP contribution in [0.2, 0.25) is 0 Å². The van der Waals surface area contributed by atoms with Gasteiger partial charge in [-0.15, -0.1) is 24.8 Å². The molecule has 1 fully saturated rings. The number of aliphatic hydroxyl groups excluding tert-OH is 1. The van der Waals surface area contributed by atoms with E-state index in [2.05, 4.69) is 41.8 Å². The second kappa shape index (κ2) is 12.9. The minimum absolute atomic E-state index is 0. The Morgan fingerprint density at radius 3 is 2.35 bits per heavy atom. The predicted molar refractivity (Wildman–Crippen MR) is 132 cm³/mol. The highest BCUT2D eigenvalue weighted by atomic mass is 35.5. The second-order valence-electron chi connectivity index (χ2n) is 7.79. The second-order valence-corrected chi connectivity index (χ2v) is 7.79. The summed E-state index contributed by atoms with van der Waals surface area (Å²) in [6.07, 6.45) is -0.152. The summed E-state index contributed by atoms with van der Waals surface area (Å²) in [7, 11) is 0. The van der Waals surface area contributed by atoms with E-state index in [9.17, 15) is 9.90 Å². The Kier molecular flexibility index (Phi) is 11.4. The fourth-order valence-electron chi connectivity index (χ4n) is 3.66. The number of anilines is 1. The number of benzene rings is 2. The van der Waals surface area contributed by atoms with E-state index in [1.165, 1.54) is 16.8 Å². The Morgan fingerprint density at radius 1 is 1.03 bits per heavy atom. The lowest BCUT2D eigenvalue weighted by Crippen LogP contribution is -2.49. The molecule has 0 saturated carbocycles. The molecule has 1 saturated heterocycles. The summed E-state index contributed by atoms with van der Waals surface area (Å²) in [5, 5.41) is 10.4. The van der Waals surface area contributed by atoms with Crippen LogP contribution in [-0.2, 0) is 0 Å². The third kappa shape index (κ3) is 7.39. The number of hydrogen-bond acceptors (Lipinski definition) is 5. The fourth-order valence-corrected chi connectivity index (χ4v) is 3.66. The van der Waals surface area contributed by atoms with E-state index < -0.39 is 6.10 Å². The Hall–Kier alpha value is -1.79. The highest BCUT2D eigenvalue weighted by molar-refractivity contribution is 5.98. The molecule has 1 atom stereocenters. The van der Waals surface area contributed by atoms with Crippen LogP contribution < -0.4 is 9.64 Å². The van der Waals surface area contributed by atoms with E-state index in [1.54, 1.807) is 12.1 Å². The van der Waals surface area contributed by atoms with E-state index in [0.717, 1.165) is 26.2 Å². The molecular formula is C24H34Cl2N2O3. The monoisotopic (exact) mass is 468 g/mol. The summed E-state index contributed by atoms with van der Waals surface area (Å²) >= 11 is 0. The zero-order valence-corrected chi connectivity index (χ0v) is 20.2. The van der Waals surface area contributed by atoms with Crippen LogP contribution in [0.1, 0.15) is 34.8 Å². The van der Waals surface area contributed by atoms with Gasteiger partial charge in [-0.3, -0.25) is 9.69 Å². The number of aliphatic hydroxyl groups is 1. The molecule has 1 aliphatic heterocycles. The first-order valence-electron chi connectivity index (χ1n) is 10.5. The Morgan fingerprint density at radius 2 is 1.71 bits per heavy atom. The first kappa shape index (κ1) is 27.2. The van der Waals surface area contributed by atoms with E-state index in [4.69, 9.17) is 4.74 Å². The van der Waals surface area contributed by atoms with Crippen LogP contribution in [0.15, 0.2) is 42.5 Å². The Bertz CT molecular complexity index is 839. The Balaban J connectivity index is 0.00000240. The zero-order chi connectivity index (χ0) is 20.8. The van der Waals surface area contributed by atoms with Crippen molar-refractivity contribution in [1.29, 1.82) is 0 Å². The van der Waals surface area contributed by atoms with Crippen molar-refractivity contribution >= 4 is 36.3 Å². The summed E-state index contributed by atoms with van der Waals surface area (Å²) in [6, 6.07) is 13.9. The van der Waals surface area contributed by atoms with Gasteiger partial charge in [0.2, 0.25) is 0 Å². The molecule has 0 amide bonds. The number of carbonyl (C=O) groups excluding carboxylic acids is 1. The van der Waals surface area contributed by atoms with Gasteiger partial charge in [-0.25, -0.2) is 0 Å². The number of rotatable bonds is 8. The summed E-state index contributed by atoms with van der Waals surface area (Å²) in [4.78, 5) is 16.7. The number of hydrogen-bond donors (Lipinski definition) is 1. The standard InChI is InChI=1S/C24H32N2O3.2ClH/c1-4-23(28)22-7-5-6-8-24(22)29-17-21(27)16-25-11-13-26(14-12-25)20-10-9-18(2)19(3)15-20;;/h5-10,15,21,27H,4,11-14,16-17H2,1-3H3;2*1H. The van der Waals surface area contributed by atoms with Crippen LogP contribution in [0.5, 0.6) is 5.75 Å². The largest absolute Gasteiger partial charge is 0.490 e. The maximum absolute atomic E-state index is 12.0. The summed E-state index contributed by atoms with van der Waals surface area (Å²) in [6.45, 7) is 10.6. The van der Waals surface area contributed by atoms with Gasteiger partial charge in [0.15, 0.2) is 5.78 Å². The lowest BCUT2D eigenvalue weighted by molar-refractivity contribution is 0.0655. The number of ether oxygens (including phenoxy) is 1. The van der Waals surface area contributed by atoms with Crippen molar-refractivity contribution in [2.75, 3.05) is 44.2 Å². The van der Waals surface area contributed by atoms with Gasteiger partial charge in [-0.2, -0.15) is 0 Å². The lowest BCUT2D eigenvalue weighted by atomic mass is 10.1. The molecule has 1 heterocycles. The van der Waals surface area contributed by atoms with Crippen molar-refractivity contribution < 1.29 is 14.6 Å². The molecule has 0 spiro atoms. The summed E-state index contributed by atoms with van der Waals surface area (Å²) < 4.78 is 5.77. The van der Waals surface area contributed by atoms with Crippen molar-refractivity contribution in [3.63, 3.8) is 0 Å². The van der Waals surface area contributed by atoms with Crippen LogP contribution in [-0.4, -0.2) is 61.2 Å². The maximum Gasteiger partial charge on any atom is 0.166 e. The molecule has 1 N–H and O–H groups in total. The zero-order valence-electron chi connectivity index (χ0n) is 18.5. The molecule has 2 aromatic rings. The van der Waals surface area contributed by atoms with E-state index >= 15 is 0 Å². The van der Waals surface area contributed by atoms with Crippen LogP contribution >= 0.6 is 24.8 Å². The number of piperazine rings is 1. The number of ketones is 1. The molecule has 31 heavy (non-hydrogen) atoms. The minimum atomic E-state index is -0.590. The lowest BCUT2D eigenvalue weighted by Gasteiger charge is -2.37. The molecule has 3 rings (SSSR count). The molecule has 1 unspecified atom stereocenters. The molecular weight excluding hydrogens is 435 g/mol. The van der Waals surface area contributed by atoms with Crippen molar-refractivity contribution in [2.45, 2.75) is 33.3 Å². The van der Waals surface area contributed by atoms with Gasteiger partial charge in [-0.05, 0) is 49.2 Å². The number of β-amino-alcohol motifs (C(OH)–C–C–N with tert-alkyl or cyclic N) is 1. The highest BCUT2D eigenvalue weighted by Crippen LogP contribution is 2.21. The number of carbonyl (C=O) groups is 1. The topological polar surface area (TPSA) is 53.0 Å². The van der Waals surface area contributed by atoms with E-state index in [-0.39, 0.29) is 37.2 Å². The Labute approximate surface area is 198 Å². The predicted octanol–water partition coefficient (Wildman–Crippen LogP) is 4.30. The van der Waals surface area contributed by atoms with Crippen molar-refractivity contribution in [1.82, 2.24) is 4.90 Å². The van der Waals surface area contributed by atoms with Crippen LogP contribution in [0.3, 0.4) is 0 Å². The SMILES string of the molecule is CCC(=O)c1ccccc1OCC(O)CN1CCN(c2ccc(C)c(C)c2)CC1.Cl.Cl. The molecule has 0 bridgehead atoms. The van der Waals surface area contributed by atoms with Gasteiger partial charge in [0.05, 0.1) is 5.56 Å². The van der Waals surface area contributed by atoms with Crippen LogP contribution in [0.4, 0.5) is 5.69 Å². The maximum atomic E-state index is 12.0. The molecule has 1 aliphatic rings. The van der Waals surface area contributed by atoms with Crippen molar-refractivity contribution in [3.05, 3.63) is 59.2 Å². The number of Topliss-reactive ketones (excluding diaryl/α,β-unsaturated/α-hetero) is 1. The number of nitrogens with zero attached hydrogens (tertiary/aromatic N) is 2. The fraction of sp³-hybridized carbons (Fsp3) is 0.458. The van der Waals surface area contributed by atoms with Crippen molar-refractivity contribution in [3.8, 4) is 5.75 Å². The third-order valence-corrected chi connectivity index (χ3v) is 5.64. The molecule has 7 heteroatoms. The van der Waals surface area contributed by atoms with Gasteiger partial charge < -0.3 is 14.7 Å². The molecule has 2 aromatic carbocycles. The quantitative estimate of drug-likeness (QED) is 0.585. The van der Waals surface area contributed by atoms with Gasteiger partial charge in [0.1, 0.15) is 18.5 Å². The molecule has 0 aromatic heterocycles. The average molecular weight is 469 g/mol. The van der Waals surface area contributed by atoms with E-state index in [1.807, 2.05) is 19.1 Å². The summed E-state index contributed by atoms with van der Waals surface area (Å²) in [5.41, 5.74) is 4.50. The van der Waals surface area contributed by atoms with Crippen LogP contribution in [0, 0.1) is 13.8 Å². The van der Waals surface area contributed by atoms with Crippen molar-refractivity contribution in [2.24, 2.45) is 0 Å². The first-order valence-corrected chi connectivity index (χ1v) is 10.5. The highest BCUT2D eigenvalue weighted by Gasteiger charge is 2.20. The molecule has 5 nitrogen and oxygen atoms in total.